The molecule has 31 heavy (non-hydrogen) atoms. The number of amides is 1. The number of benzene rings is 3. The first-order valence-electron chi connectivity index (χ1n) is 10.2. The maximum atomic E-state index is 12.9. The number of hydrogen-bond acceptors (Lipinski definition) is 5. The molecule has 1 heterocycles. The molecule has 0 spiro atoms. The lowest BCUT2D eigenvalue weighted by molar-refractivity contribution is 0.102. The Balaban J connectivity index is 1.58. The van der Waals surface area contributed by atoms with E-state index in [0.29, 0.717) is 41.5 Å². The van der Waals surface area contributed by atoms with Crippen molar-refractivity contribution >= 4 is 22.6 Å². The third kappa shape index (κ3) is 4.66. The second-order valence-corrected chi connectivity index (χ2v) is 7.04. The van der Waals surface area contributed by atoms with Gasteiger partial charge in [0, 0.05) is 17.3 Å². The topological polar surface area (TPSA) is 78.3 Å². The van der Waals surface area contributed by atoms with Crippen molar-refractivity contribution in [2.75, 3.05) is 18.5 Å². The number of carbonyl (C=O) groups excluding carboxylic acids is 1. The Bertz CT molecular complexity index is 1190. The van der Waals surface area contributed by atoms with Gasteiger partial charge in [-0.1, -0.05) is 17.7 Å². The molecule has 0 aliphatic rings. The summed E-state index contributed by atoms with van der Waals surface area (Å²) in [6.45, 7) is 6.83. The van der Waals surface area contributed by atoms with Crippen LogP contribution in [0.15, 0.2) is 60.7 Å². The van der Waals surface area contributed by atoms with Crippen molar-refractivity contribution in [3.63, 3.8) is 0 Å². The number of ether oxygens (including phenoxy) is 2. The van der Waals surface area contributed by atoms with Crippen LogP contribution in [0.4, 0.5) is 5.69 Å². The predicted octanol–water partition coefficient (Wildman–Crippen LogP) is 4.78. The van der Waals surface area contributed by atoms with Crippen molar-refractivity contribution in [1.29, 1.82) is 0 Å². The molecule has 0 bridgehead atoms. The fraction of sp³-hybridized carbons (Fsp3) is 0.208. The van der Waals surface area contributed by atoms with Crippen molar-refractivity contribution in [1.82, 2.24) is 15.0 Å². The predicted molar refractivity (Wildman–Crippen MR) is 120 cm³/mol. The number of rotatable bonds is 7. The third-order valence-electron chi connectivity index (χ3n) is 4.67. The highest BCUT2D eigenvalue weighted by Gasteiger charge is 2.12. The van der Waals surface area contributed by atoms with E-state index in [-0.39, 0.29) is 5.91 Å². The van der Waals surface area contributed by atoms with Gasteiger partial charge in [-0.2, -0.15) is 4.80 Å². The smallest absolute Gasteiger partial charge is 0.255 e. The molecule has 1 amide bonds. The quantitative estimate of drug-likeness (QED) is 0.469. The van der Waals surface area contributed by atoms with Gasteiger partial charge in [0.25, 0.3) is 5.91 Å². The van der Waals surface area contributed by atoms with E-state index in [1.165, 1.54) is 5.56 Å². The second kappa shape index (κ2) is 8.87. The third-order valence-corrected chi connectivity index (χ3v) is 4.67. The molecule has 0 radical (unpaired) electrons. The number of aryl methyl sites for hydroxylation is 1. The summed E-state index contributed by atoms with van der Waals surface area (Å²) in [5.74, 6) is 0.929. The molecule has 1 N–H and O–H groups in total. The average Bonchev–Trinajstić information content (AvgIpc) is 3.18. The Hall–Kier alpha value is -3.87. The van der Waals surface area contributed by atoms with E-state index in [9.17, 15) is 4.79 Å². The monoisotopic (exact) mass is 416 g/mol. The van der Waals surface area contributed by atoms with Crippen molar-refractivity contribution in [3.05, 3.63) is 71.8 Å². The van der Waals surface area contributed by atoms with Gasteiger partial charge >= 0.3 is 0 Å². The lowest BCUT2D eigenvalue weighted by atomic mass is 10.1. The normalized spacial score (nSPS) is 10.8. The standard InChI is InChI=1S/C24H24N4O3/c1-4-30-20-12-17(13-21(15-20)31-5-2)24(29)25-18-8-11-22-23(14-18)27-28(26-22)19-9-6-16(3)7-10-19/h6-15H,4-5H2,1-3H3,(H,25,29). The number of nitrogens with one attached hydrogen (secondary N) is 1. The average molecular weight is 416 g/mol. The zero-order valence-electron chi connectivity index (χ0n) is 17.8. The maximum Gasteiger partial charge on any atom is 0.255 e. The number of carbonyl (C=O) groups is 1. The largest absolute Gasteiger partial charge is 0.494 e. The van der Waals surface area contributed by atoms with Gasteiger partial charge < -0.3 is 14.8 Å². The van der Waals surface area contributed by atoms with Gasteiger partial charge in [0.2, 0.25) is 0 Å². The van der Waals surface area contributed by atoms with Crippen LogP contribution in [0.25, 0.3) is 16.7 Å². The van der Waals surface area contributed by atoms with E-state index in [1.807, 2.05) is 57.2 Å². The summed E-state index contributed by atoms with van der Waals surface area (Å²) in [7, 11) is 0. The Morgan fingerprint density at radius 2 is 1.52 bits per heavy atom. The molecule has 4 aromatic rings. The number of fused-ring (bicyclic) bond motifs is 1. The Kier molecular flexibility index (Phi) is 5.84. The van der Waals surface area contributed by atoms with Crippen LogP contribution in [-0.2, 0) is 0 Å². The molecule has 3 aromatic carbocycles. The minimum Gasteiger partial charge on any atom is -0.494 e. The molecule has 0 unspecified atom stereocenters. The van der Waals surface area contributed by atoms with Crippen LogP contribution in [0.5, 0.6) is 11.5 Å². The fourth-order valence-corrected chi connectivity index (χ4v) is 3.19. The number of aromatic nitrogens is 3. The van der Waals surface area contributed by atoms with Crippen LogP contribution in [0.2, 0.25) is 0 Å². The molecular formula is C24H24N4O3. The zero-order chi connectivity index (χ0) is 21.8. The van der Waals surface area contributed by atoms with Crippen LogP contribution < -0.4 is 14.8 Å². The molecule has 0 aliphatic carbocycles. The van der Waals surface area contributed by atoms with Gasteiger partial charge in [0.05, 0.1) is 18.9 Å². The molecule has 4 rings (SSSR count). The molecular weight excluding hydrogens is 392 g/mol. The highest BCUT2D eigenvalue weighted by molar-refractivity contribution is 6.05. The van der Waals surface area contributed by atoms with Crippen molar-refractivity contribution in [2.24, 2.45) is 0 Å². The highest BCUT2D eigenvalue weighted by Crippen LogP contribution is 2.25. The van der Waals surface area contributed by atoms with Gasteiger partial charge in [-0.3, -0.25) is 4.79 Å². The van der Waals surface area contributed by atoms with Gasteiger partial charge in [0.1, 0.15) is 22.5 Å². The summed E-state index contributed by atoms with van der Waals surface area (Å²) in [6, 6.07) is 18.6. The fourth-order valence-electron chi connectivity index (χ4n) is 3.19. The van der Waals surface area contributed by atoms with E-state index < -0.39 is 0 Å². The summed E-state index contributed by atoms with van der Waals surface area (Å²) < 4.78 is 11.1. The van der Waals surface area contributed by atoms with Crippen LogP contribution in [0.1, 0.15) is 29.8 Å². The number of nitrogens with zero attached hydrogens (tertiary/aromatic N) is 3. The highest BCUT2D eigenvalue weighted by atomic mass is 16.5. The Morgan fingerprint density at radius 1 is 0.871 bits per heavy atom. The van der Waals surface area contributed by atoms with Crippen LogP contribution in [0.3, 0.4) is 0 Å². The molecule has 0 fully saturated rings. The van der Waals surface area contributed by atoms with Crippen molar-refractivity contribution in [2.45, 2.75) is 20.8 Å². The second-order valence-electron chi connectivity index (χ2n) is 7.04. The minimum atomic E-state index is -0.257. The lowest BCUT2D eigenvalue weighted by Crippen LogP contribution is -2.12. The van der Waals surface area contributed by atoms with Crippen molar-refractivity contribution in [3.8, 4) is 17.2 Å². The lowest BCUT2D eigenvalue weighted by Gasteiger charge is -2.11. The van der Waals surface area contributed by atoms with Gasteiger partial charge in [-0.25, -0.2) is 0 Å². The SMILES string of the molecule is CCOc1cc(OCC)cc(C(=O)Nc2ccc3nn(-c4ccc(C)cc4)nc3c2)c1. The van der Waals surface area contributed by atoms with E-state index in [4.69, 9.17) is 9.47 Å². The van der Waals surface area contributed by atoms with Crippen LogP contribution >= 0.6 is 0 Å². The van der Waals surface area contributed by atoms with Crippen molar-refractivity contribution < 1.29 is 14.3 Å². The van der Waals surface area contributed by atoms with E-state index >= 15 is 0 Å². The maximum absolute atomic E-state index is 12.9. The van der Waals surface area contributed by atoms with Gasteiger partial charge in [-0.15, -0.1) is 10.2 Å². The number of hydrogen-bond donors (Lipinski definition) is 1. The minimum absolute atomic E-state index is 0.257. The summed E-state index contributed by atoms with van der Waals surface area (Å²) in [5, 5.41) is 12.0. The van der Waals surface area contributed by atoms with E-state index in [0.717, 1.165) is 11.2 Å². The molecule has 158 valence electrons. The summed E-state index contributed by atoms with van der Waals surface area (Å²) in [5.41, 5.74) is 4.58. The first-order chi connectivity index (χ1) is 15.1. The molecule has 0 atom stereocenters. The number of anilines is 1. The van der Waals surface area contributed by atoms with E-state index in [1.54, 1.807) is 29.1 Å². The van der Waals surface area contributed by atoms with E-state index in [2.05, 4.69) is 15.5 Å². The Labute approximate surface area is 180 Å². The molecule has 0 saturated heterocycles. The molecule has 1 aromatic heterocycles. The van der Waals surface area contributed by atoms with Gasteiger partial charge in [0.15, 0.2) is 0 Å². The first-order valence-corrected chi connectivity index (χ1v) is 10.2. The van der Waals surface area contributed by atoms with Gasteiger partial charge in [-0.05, 0) is 63.2 Å². The zero-order valence-corrected chi connectivity index (χ0v) is 17.8. The van der Waals surface area contributed by atoms with Crippen LogP contribution in [0, 0.1) is 6.92 Å². The Morgan fingerprint density at radius 3 is 2.16 bits per heavy atom. The molecule has 7 nitrogen and oxygen atoms in total. The van der Waals surface area contributed by atoms with Crippen LogP contribution in [-0.4, -0.2) is 34.1 Å². The first kappa shape index (κ1) is 20.4. The molecule has 0 aliphatic heterocycles. The summed E-state index contributed by atoms with van der Waals surface area (Å²) >= 11 is 0. The summed E-state index contributed by atoms with van der Waals surface area (Å²) in [6.07, 6.45) is 0. The molecule has 0 saturated carbocycles. The molecule has 7 heteroatoms. The summed E-state index contributed by atoms with van der Waals surface area (Å²) in [4.78, 5) is 14.5.